The first-order valence-electron chi connectivity index (χ1n) is 8.44. The molecular weight excluding hydrogens is 375 g/mol. The molecule has 2 N–H and O–H groups in total. The predicted octanol–water partition coefficient (Wildman–Crippen LogP) is 5.49. The van der Waals surface area contributed by atoms with E-state index in [2.05, 4.69) is 10.1 Å². The summed E-state index contributed by atoms with van der Waals surface area (Å²) >= 11 is 1.46. The molecule has 0 aliphatic heterocycles. The molecule has 0 saturated carbocycles. The van der Waals surface area contributed by atoms with Crippen molar-refractivity contribution in [3.63, 3.8) is 0 Å². The maximum Gasteiger partial charge on any atom is 0.416 e. The van der Waals surface area contributed by atoms with E-state index in [4.69, 9.17) is 10.3 Å². The van der Waals surface area contributed by atoms with Crippen molar-refractivity contribution in [3.05, 3.63) is 58.8 Å². The Balaban J connectivity index is 1.98. The number of hydrogen-bond acceptors (Lipinski definition) is 5. The Labute approximate surface area is 158 Å². The topological polar surface area (TPSA) is 64.9 Å². The highest BCUT2D eigenvalue weighted by molar-refractivity contribution is 7.13. The molecule has 2 aromatic heterocycles. The third-order valence-corrected chi connectivity index (χ3v) is 4.80. The summed E-state index contributed by atoms with van der Waals surface area (Å²) in [5.41, 5.74) is 5.48. The first kappa shape index (κ1) is 19.3. The number of halogens is 3. The number of allylic oxidation sites excluding steroid dienone is 1. The van der Waals surface area contributed by atoms with Crippen molar-refractivity contribution in [1.29, 1.82) is 0 Å². The lowest BCUT2D eigenvalue weighted by molar-refractivity contribution is -0.137. The van der Waals surface area contributed by atoms with Gasteiger partial charge in [0.05, 0.1) is 10.4 Å². The lowest BCUT2D eigenvalue weighted by Crippen LogP contribution is -2.07. The van der Waals surface area contributed by atoms with Gasteiger partial charge in [-0.1, -0.05) is 29.4 Å². The Hall–Kier alpha value is -2.45. The lowest BCUT2D eigenvalue weighted by atomic mass is 10.0. The van der Waals surface area contributed by atoms with Crippen LogP contribution in [0, 0.1) is 0 Å². The van der Waals surface area contributed by atoms with E-state index in [0.717, 1.165) is 17.4 Å². The number of thiophene rings is 1. The normalized spacial score (nSPS) is 12.5. The number of hydrogen-bond donors (Lipinski definition) is 1. The molecule has 2 heterocycles. The summed E-state index contributed by atoms with van der Waals surface area (Å²) in [6.07, 6.45) is -0.996. The molecule has 1 aromatic carbocycles. The van der Waals surface area contributed by atoms with Crippen LogP contribution >= 0.6 is 11.3 Å². The zero-order valence-electron chi connectivity index (χ0n) is 14.4. The summed E-state index contributed by atoms with van der Waals surface area (Å²) < 4.78 is 45.2. The maximum absolute atomic E-state index is 13.3. The number of nitrogens with two attached hydrogens (primary N) is 1. The molecule has 0 saturated heterocycles. The summed E-state index contributed by atoms with van der Waals surface area (Å²) in [5, 5.41) is 5.85. The van der Waals surface area contributed by atoms with Crippen LogP contribution in [0.15, 0.2) is 46.3 Å². The molecule has 8 heteroatoms. The highest BCUT2D eigenvalue weighted by Gasteiger charge is 2.32. The van der Waals surface area contributed by atoms with Crippen LogP contribution in [-0.4, -0.2) is 16.7 Å². The van der Waals surface area contributed by atoms with E-state index in [9.17, 15) is 13.2 Å². The van der Waals surface area contributed by atoms with Gasteiger partial charge in [0.2, 0.25) is 5.82 Å². The minimum absolute atomic E-state index is 0.0728. The van der Waals surface area contributed by atoms with E-state index in [1.54, 1.807) is 6.07 Å². The maximum atomic E-state index is 13.3. The van der Waals surface area contributed by atoms with Gasteiger partial charge in [0, 0.05) is 5.57 Å². The Morgan fingerprint density at radius 2 is 1.96 bits per heavy atom. The van der Waals surface area contributed by atoms with Gasteiger partial charge in [-0.2, -0.15) is 18.2 Å². The number of aromatic nitrogens is 2. The second-order valence-electron chi connectivity index (χ2n) is 5.90. The number of nitrogens with zero attached hydrogens (tertiary/aromatic N) is 2. The first-order chi connectivity index (χ1) is 13.0. The van der Waals surface area contributed by atoms with E-state index in [0.29, 0.717) is 30.8 Å². The Bertz CT molecular complexity index is 901. The standard InChI is InChI=1S/C19H18F3N3OS/c20-19(21,22)15-8-2-1-6-13(15)12-14(7-3-4-10-23)18-24-17(25-26-18)16-9-5-11-27-16/h1-2,5-6,8-9,11-12H,3-4,7,10,23H2/b14-12+. The van der Waals surface area contributed by atoms with E-state index in [-0.39, 0.29) is 11.5 Å². The fraction of sp³-hybridized carbons (Fsp3) is 0.263. The molecule has 3 aromatic rings. The largest absolute Gasteiger partial charge is 0.416 e. The predicted molar refractivity (Wildman–Crippen MR) is 99.8 cm³/mol. The molecule has 0 unspecified atom stereocenters. The fourth-order valence-corrected chi connectivity index (χ4v) is 3.28. The molecule has 0 atom stereocenters. The fourth-order valence-electron chi connectivity index (χ4n) is 2.63. The molecule has 0 fully saturated rings. The number of unbranched alkanes of at least 4 members (excludes halogenated alkanes) is 1. The molecule has 0 amide bonds. The molecule has 27 heavy (non-hydrogen) atoms. The van der Waals surface area contributed by atoms with Gasteiger partial charge in [-0.15, -0.1) is 11.3 Å². The van der Waals surface area contributed by atoms with Crippen LogP contribution in [0.1, 0.15) is 36.3 Å². The minimum atomic E-state index is -4.44. The Kier molecular flexibility index (Phi) is 6.08. The highest BCUT2D eigenvalue weighted by Crippen LogP contribution is 2.34. The quantitative estimate of drug-likeness (QED) is 0.539. The Morgan fingerprint density at radius 3 is 2.67 bits per heavy atom. The van der Waals surface area contributed by atoms with Crippen LogP contribution in [0.2, 0.25) is 0 Å². The molecule has 0 aliphatic rings. The van der Waals surface area contributed by atoms with Gasteiger partial charge >= 0.3 is 6.18 Å². The molecule has 142 valence electrons. The van der Waals surface area contributed by atoms with Crippen molar-refractivity contribution in [1.82, 2.24) is 10.1 Å². The second-order valence-corrected chi connectivity index (χ2v) is 6.85. The second kappa shape index (κ2) is 8.49. The van der Waals surface area contributed by atoms with E-state index < -0.39 is 11.7 Å². The van der Waals surface area contributed by atoms with Crippen LogP contribution in [0.5, 0.6) is 0 Å². The van der Waals surface area contributed by atoms with Gasteiger partial charge in [-0.3, -0.25) is 0 Å². The van der Waals surface area contributed by atoms with Crippen molar-refractivity contribution < 1.29 is 17.7 Å². The third-order valence-electron chi connectivity index (χ3n) is 3.94. The summed E-state index contributed by atoms with van der Waals surface area (Å²) in [6.45, 7) is 0.511. The average Bonchev–Trinajstić information content (AvgIpc) is 3.32. The van der Waals surface area contributed by atoms with Crippen molar-refractivity contribution in [2.45, 2.75) is 25.4 Å². The van der Waals surface area contributed by atoms with Crippen LogP contribution in [-0.2, 0) is 6.18 Å². The monoisotopic (exact) mass is 393 g/mol. The molecule has 0 radical (unpaired) electrons. The molecule has 0 bridgehead atoms. The lowest BCUT2D eigenvalue weighted by Gasteiger charge is -2.11. The number of benzene rings is 1. The first-order valence-corrected chi connectivity index (χ1v) is 9.32. The molecule has 4 nitrogen and oxygen atoms in total. The van der Waals surface area contributed by atoms with Crippen LogP contribution in [0.25, 0.3) is 22.4 Å². The molecule has 3 rings (SSSR count). The van der Waals surface area contributed by atoms with Crippen LogP contribution in [0.3, 0.4) is 0 Å². The van der Waals surface area contributed by atoms with Gasteiger partial charge in [-0.05, 0) is 55.0 Å². The summed E-state index contributed by atoms with van der Waals surface area (Å²) in [5.74, 6) is 0.654. The highest BCUT2D eigenvalue weighted by atomic mass is 32.1. The number of rotatable bonds is 7. The van der Waals surface area contributed by atoms with Crippen LogP contribution < -0.4 is 5.73 Å². The molecule has 0 aliphatic carbocycles. The zero-order valence-corrected chi connectivity index (χ0v) is 15.2. The average molecular weight is 393 g/mol. The molecule has 0 spiro atoms. The summed E-state index contributed by atoms with van der Waals surface area (Å²) in [6, 6.07) is 9.17. The Morgan fingerprint density at radius 1 is 1.15 bits per heavy atom. The van der Waals surface area contributed by atoms with Gasteiger partial charge in [-0.25, -0.2) is 0 Å². The summed E-state index contributed by atoms with van der Waals surface area (Å²) in [7, 11) is 0. The minimum Gasteiger partial charge on any atom is -0.334 e. The van der Waals surface area contributed by atoms with Gasteiger partial charge < -0.3 is 10.3 Å². The number of alkyl halides is 3. The third kappa shape index (κ3) is 4.84. The van der Waals surface area contributed by atoms with Crippen molar-refractivity contribution in [2.24, 2.45) is 5.73 Å². The zero-order chi connectivity index (χ0) is 19.3. The van der Waals surface area contributed by atoms with E-state index in [1.807, 2.05) is 17.5 Å². The van der Waals surface area contributed by atoms with Crippen LogP contribution in [0.4, 0.5) is 13.2 Å². The van der Waals surface area contributed by atoms with Gasteiger partial charge in [0.25, 0.3) is 5.89 Å². The van der Waals surface area contributed by atoms with Crippen molar-refractivity contribution in [3.8, 4) is 10.7 Å². The van der Waals surface area contributed by atoms with Crippen molar-refractivity contribution >= 4 is 23.0 Å². The van der Waals surface area contributed by atoms with Crippen molar-refractivity contribution in [2.75, 3.05) is 6.54 Å². The summed E-state index contributed by atoms with van der Waals surface area (Å²) in [4.78, 5) is 5.21. The SMILES string of the molecule is NCCCC/C(=C\c1ccccc1C(F)(F)F)c1nc(-c2cccs2)no1. The molecular formula is C19H18F3N3OS. The van der Waals surface area contributed by atoms with Gasteiger partial charge in [0.1, 0.15) is 0 Å². The van der Waals surface area contributed by atoms with E-state index >= 15 is 0 Å². The van der Waals surface area contributed by atoms with E-state index in [1.165, 1.54) is 29.5 Å². The smallest absolute Gasteiger partial charge is 0.334 e. The van der Waals surface area contributed by atoms with Gasteiger partial charge in [0.15, 0.2) is 0 Å².